The number of rotatable bonds is 4. The van der Waals surface area contributed by atoms with E-state index in [0.29, 0.717) is 12.0 Å². The van der Waals surface area contributed by atoms with Crippen LogP contribution in [0, 0.1) is 0 Å². The van der Waals surface area contributed by atoms with E-state index in [9.17, 15) is 4.79 Å². The molecule has 1 aromatic carbocycles. The molecule has 1 aliphatic heterocycles. The Morgan fingerprint density at radius 3 is 2.23 bits per heavy atom. The fraction of sp³-hybridized carbons (Fsp3) is 0.588. The molecule has 122 valence electrons. The Balaban J connectivity index is 2.23. The lowest BCUT2D eigenvalue weighted by atomic mass is 9.78. The van der Waals surface area contributed by atoms with Gasteiger partial charge in [-0.15, -0.1) is 0 Å². The Kier molecular flexibility index (Phi) is 4.61. The van der Waals surface area contributed by atoms with Gasteiger partial charge in [0.05, 0.1) is 12.2 Å². The van der Waals surface area contributed by atoms with E-state index in [2.05, 4.69) is 0 Å². The first-order chi connectivity index (χ1) is 10.3. The zero-order valence-corrected chi connectivity index (χ0v) is 13.8. The molecule has 1 aliphatic rings. The number of hydrogen-bond acceptors (Lipinski definition) is 5. The van der Waals surface area contributed by atoms with E-state index < -0.39 is 23.0 Å². The molecule has 2 rings (SSSR count). The fourth-order valence-corrected chi connectivity index (χ4v) is 2.69. The Hall–Kier alpha value is -1.43. The third kappa shape index (κ3) is 3.02. The molecule has 3 atom stereocenters. The third-order valence-corrected chi connectivity index (χ3v) is 4.64. The standard InChI is InChI=1S/C17H24O5/c1-15(19-4)11-17(3,20-5)21-12-16(15,2)22-14(18)13-9-7-6-8-10-13/h6-10H,11-12H2,1-5H3. The minimum Gasteiger partial charge on any atom is -0.450 e. The largest absolute Gasteiger partial charge is 0.450 e. The van der Waals surface area contributed by atoms with Gasteiger partial charge in [0.2, 0.25) is 0 Å². The fourth-order valence-electron chi connectivity index (χ4n) is 2.69. The predicted octanol–water partition coefficient (Wildman–Crippen LogP) is 2.79. The monoisotopic (exact) mass is 308 g/mol. The molecule has 0 aromatic heterocycles. The van der Waals surface area contributed by atoms with Crippen molar-refractivity contribution in [3.63, 3.8) is 0 Å². The second-order valence-electron chi connectivity index (χ2n) is 6.22. The molecule has 0 amide bonds. The van der Waals surface area contributed by atoms with E-state index in [1.54, 1.807) is 38.5 Å². The van der Waals surface area contributed by atoms with Gasteiger partial charge in [0, 0.05) is 20.6 Å². The molecule has 22 heavy (non-hydrogen) atoms. The molecular formula is C17H24O5. The second-order valence-corrected chi connectivity index (χ2v) is 6.22. The molecule has 1 aromatic rings. The van der Waals surface area contributed by atoms with Crippen molar-refractivity contribution < 1.29 is 23.7 Å². The Bertz CT molecular complexity index is 531. The highest BCUT2D eigenvalue weighted by Crippen LogP contribution is 2.43. The molecule has 0 N–H and O–H groups in total. The van der Waals surface area contributed by atoms with E-state index in [1.807, 2.05) is 26.8 Å². The van der Waals surface area contributed by atoms with Gasteiger partial charge in [-0.25, -0.2) is 4.79 Å². The summed E-state index contributed by atoms with van der Waals surface area (Å²) in [7, 11) is 3.20. The van der Waals surface area contributed by atoms with Gasteiger partial charge >= 0.3 is 5.97 Å². The summed E-state index contributed by atoms with van der Waals surface area (Å²) in [6, 6.07) is 8.89. The van der Waals surface area contributed by atoms with Crippen LogP contribution < -0.4 is 0 Å². The third-order valence-electron chi connectivity index (χ3n) is 4.64. The number of benzene rings is 1. The molecule has 3 unspecified atom stereocenters. The molecule has 0 bridgehead atoms. The molecule has 0 radical (unpaired) electrons. The molecular weight excluding hydrogens is 284 g/mol. The lowest BCUT2D eigenvalue weighted by Gasteiger charge is -2.52. The number of hydrogen-bond donors (Lipinski definition) is 0. The Morgan fingerprint density at radius 1 is 1.05 bits per heavy atom. The van der Waals surface area contributed by atoms with Crippen molar-refractivity contribution in [2.45, 2.75) is 44.2 Å². The Labute approximate surface area is 131 Å². The molecule has 0 spiro atoms. The lowest BCUT2D eigenvalue weighted by molar-refractivity contribution is -0.323. The minimum absolute atomic E-state index is 0.195. The van der Waals surface area contributed by atoms with E-state index in [4.69, 9.17) is 18.9 Å². The molecule has 5 nitrogen and oxygen atoms in total. The quantitative estimate of drug-likeness (QED) is 0.801. The molecule has 1 saturated heterocycles. The van der Waals surface area contributed by atoms with Gasteiger partial charge < -0.3 is 18.9 Å². The Morgan fingerprint density at radius 2 is 1.68 bits per heavy atom. The van der Waals surface area contributed by atoms with Crippen LogP contribution in [0.4, 0.5) is 0 Å². The van der Waals surface area contributed by atoms with Gasteiger partial charge in [0.25, 0.3) is 0 Å². The van der Waals surface area contributed by atoms with Crippen LogP contribution >= 0.6 is 0 Å². The van der Waals surface area contributed by atoms with Gasteiger partial charge in [-0.05, 0) is 32.9 Å². The summed E-state index contributed by atoms with van der Waals surface area (Å²) in [6.07, 6.45) is 0.450. The van der Waals surface area contributed by atoms with Crippen LogP contribution in [0.25, 0.3) is 0 Å². The first-order valence-electron chi connectivity index (χ1n) is 7.30. The first-order valence-corrected chi connectivity index (χ1v) is 7.30. The summed E-state index contributed by atoms with van der Waals surface area (Å²) in [4.78, 5) is 12.4. The van der Waals surface area contributed by atoms with Crippen molar-refractivity contribution in [2.24, 2.45) is 0 Å². The molecule has 0 aliphatic carbocycles. The highest BCUT2D eigenvalue weighted by atomic mass is 16.7. The van der Waals surface area contributed by atoms with Crippen LogP contribution in [0.3, 0.4) is 0 Å². The van der Waals surface area contributed by atoms with Gasteiger partial charge in [0.15, 0.2) is 11.4 Å². The normalized spacial score (nSPS) is 35.1. The molecule has 1 heterocycles. The average Bonchev–Trinajstić information content (AvgIpc) is 2.52. The topological polar surface area (TPSA) is 54.0 Å². The molecule has 5 heteroatoms. The van der Waals surface area contributed by atoms with Crippen molar-refractivity contribution in [3.05, 3.63) is 35.9 Å². The maximum absolute atomic E-state index is 12.4. The zero-order valence-electron chi connectivity index (χ0n) is 13.8. The minimum atomic E-state index is -0.910. The van der Waals surface area contributed by atoms with Crippen LogP contribution in [0.1, 0.15) is 37.6 Å². The summed E-state index contributed by atoms with van der Waals surface area (Å²) in [5.74, 6) is -1.15. The maximum atomic E-state index is 12.4. The van der Waals surface area contributed by atoms with Crippen molar-refractivity contribution in [1.29, 1.82) is 0 Å². The van der Waals surface area contributed by atoms with Crippen molar-refractivity contribution >= 4 is 5.97 Å². The van der Waals surface area contributed by atoms with Gasteiger partial charge in [0.1, 0.15) is 5.60 Å². The number of carbonyl (C=O) groups is 1. The second kappa shape index (κ2) is 5.99. The summed E-state index contributed by atoms with van der Waals surface area (Å²) >= 11 is 0. The lowest BCUT2D eigenvalue weighted by Crippen LogP contribution is -2.65. The van der Waals surface area contributed by atoms with Gasteiger partial charge in [-0.3, -0.25) is 0 Å². The summed E-state index contributed by atoms with van der Waals surface area (Å²) in [5.41, 5.74) is -1.13. The smallest absolute Gasteiger partial charge is 0.338 e. The zero-order chi connectivity index (χ0) is 16.4. The molecule has 0 saturated carbocycles. The van der Waals surface area contributed by atoms with Crippen LogP contribution in [0.2, 0.25) is 0 Å². The first kappa shape index (κ1) is 16.9. The SMILES string of the molecule is COC1(C)CC(C)(OC)C(C)(OC(=O)c2ccccc2)CO1. The van der Waals surface area contributed by atoms with E-state index in [-0.39, 0.29) is 6.61 Å². The van der Waals surface area contributed by atoms with Gasteiger partial charge in [-0.2, -0.15) is 0 Å². The van der Waals surface area contributed by atoms with E-state index in [1.165, 1.54) is 0 Å². The van der Waals surface area contributed by atoms with Crippen molar-refractivity contribution in [2.75, 3.05) is 20.8 Å². The van der Waals surface area contributed by atoms with Crippen LogP contribution in [0.15, 0.2) is 30.3 Å². The number of carbonyl (C=O) groups excluding carboxylic acids is 1. The van der Waals surface area contributed by atoms with Crippen LogP contribution in [0.5, 0.6) is 0 Å². The van der Waals surface area contributed by atoms with Crippen molar-refractivity contribution in [3.8, 4) is 0 Å². The highest BCUT2D eigenvalue weighted by molar-refractivity contribution is 5.89. The molecule has 1 fully saturated rings. The van der Waals surface area contributed by atoms with Crippen molar-refractivity contribution in [1.82, 2.24) is 0 Å². The summed E-state index contributed by atoms with van der Waals surface area (Å²) in [5, 5.41) is 0. The van der Waals surface area contributed by atoms with Gasteiger partial charge in [-0.1, -0.05) is 18.2 Å². The van der Waals surface area contributed by atoms with Crippen LogP contribution in [-0.2, 0) is 18.9 Å². The predicted molar refractivity (Wildman–Crippen MR) is 81.7 cm³/mol. The highest BCUT2D eigenvalue weighted by Gasteiger charge is 2.57. The number of ether oxygens (including phenoxy) is 4. The van der Waals surface area contributed by atoms with E-state index >= 15 is 0 Å². The maximum Gasteiger partial charge on any atom is 0.338 e. The number of esters is 1. The van der Waals surface area contributed by atoms with E-state index in [0.717, 1.165) is 0 Å². The summed E-state index contributed by atoms with van der Waals surface area (Å²) < 4.78 is 22.7. The summed E-state index contributed by atoms with van der Waals surface area (Å²) in [6.45, 7) is 5.78. The van der Waals surface area contributed by atoms with Crippen LogP contribution in [-0.4, -0.2) is 43.8 Å². The number of methoxy groups -OCH3 is 2. The average molecular weight is 308 g/mol.